The van der Waals surface area contributed by atoms with Gasteiger partial charge in [-0.3, -0.25) is 9.59 Å². The van der Waals surface area contributed by atoms with Crippen molar-refractivity contribution in [3.05, 3.63) is 35.4 Å². The van der Waals surface area contributed by atoms with E-state index in [0.29, 0.717) is 17.9 Å². The van der Waals surface area contributed by atoms with Crippen LogP contribution in [0.15, 0.2) is 29.8 Å². The standard InChI is InChI=1S/C16H17NO4/c1-2-21-12-7-3-10(4-8-12)15(19)14-13(18)9-17(16(14)20)11-5-6-11/h3-4,7-8,11,19H,2,5-6,9H2,1H3/b15-14+. The molecule has 1 saturated carbocycles. The van der Waals surface area contributed by atoms with Crippen LogP contribution in [0.25, 0.3) is 5.76 Å². The zero-order chi connectivity index (χ0) is 15.0. The number of hydrogen-bond donors (Lipinski definition) is 1. The monoisotopic (exact) mass is 287 g/mol. The summed E-state index contributed by atoms with van der Waals surface area (Å²) in [4.78, 5) is 25.8. The van der Waals surface area contributed by atoms with Gasteiger partial charge < -0.3 is 14.7 Å². The number of rotatable bonds is 4. The third-order valence-corrected chi connectivity index (χ3v) is 3.73. The van der Waals surface area contributed by atoms with Crippen LogP contribution < -0.4 is 4.74 Å². The van der Waals surface area contributed by atoms with Crippen LogP contribution in [-0.4, -0.2) is 40.9 Å². The van der Waals surface area contributed by atoms with Gasteiger partial charge >= 0.3 is 0 Å². The van der Waals surface area contributed by atoms with Gasteiger partial charge in [-0.05, 0) is 44.0 Å². The molecule has 2 fully saturated rings. The molecule has 5 heteroatoms. The second kappa shape index (κ2) is 5.24. The van der Waals surface area contributed by atoms with Crippen LogP contribution >= 0.6 is 0 Å². The molecule has 1 N–H and O–H groups in total. The number of hydrogen-bond acceptors (Lipinski definition) is 4. The largest absolute Gasteiger partial charge is 0.506 e. The molecule has 1 heterocycles. The molecule has 0 unspecified atom stereocenters. The van der Waals surface area contributed by atoms with Gasteiger partial charge in [0.25, 0.3) is 5.91 Å². The molecule has 1 amide bonds. The first kappa shape index (κ1) is 13.7. The van der Waals surface area contributed by atoms with E-state index in [1.807, 2.05) is 6.92 Å². The summed E-state index contributed by atoms with van der Waals surface area (Å²) in [5.74, 6) is -0.217. The second-order valence-electron chi connectivity index (χ2n) is 5.27. The van der Waals surface area contributed by atoms with Gasteiger partial charge in [-0.2, -0.15) is 0 Å². The van der Waals surface area contributed by atoms with E-state index in [9.17, 15) is 14.7 Å². The maximum absolute atomic E-state index is 12.2. The van der Waals surface area contributed by atoms with Gasteiger partial charge in [0.05, 0.1) is 13.2 Å². The Morgan fingerprint density at radius 3 is 2.52 bits per heavy atom. The summed E-state index contributed by atoms with van der Waals surface area (Å²) in [6.07, 6.45) is 1.88. The molecule has 1 aliphatic heterocycles. The van der Waals surface area contributed by atoms with Gasteiger partial charge in [0.1, 0.15) is 17.1 Å². The molecule has 5 nitrogen and oxygen atoms in total. The first-order chi connectivity index (χ1) is 10.1. The van der Waals surface area contributed by atoms with E-state index in [4.69, 9.17) is 4.74 Å². The topological polar surface area (TPSA) is 66.8 Å². The van der Waals surface area contributed by atoms with E-state index in [0.717, 1.165) is 12.8 Å². The van der Waals surface area contributed by atoms with E-state index < -0.39 is 0 Å². The van der Waals surface area contributed by atoms with Crippen molar-refractivity contribution >= 4 is 17.4 Å². The number of nitrogens with zero attached hydrogens (tertiary/aromatic N) is 1. The Bertz CT molecular complexity index is 614. The van der Waals surface area contributed by atoms with E-state index in [1.54, 1.807) is 29.2 Å². The van der Waals surface area contributed by atoms with Gasteiger partial charge in [-0.15, -0.1) is 0 Å². The molecule has 1 aromatic carbocycles. The number of aliphatic hydroxyl groups excluding tert-OH is 1. The third kappa shape index (κ3) is 2.51. The summed E-state index contributed by atoms with van der Waals surface area (Å²) in [6, 6.07) is 6.88. The average Bonchev–Trinajstić information content (AvgIpc) is 3.26. The fourth-order valence-corrected chi connectivity index (χ4v) is 2.50. The predicted octanol–water partition coefficient (Wildman–Crippen LogP) is 1.93. The minimum atomic E-state index is -0.353. The quantitative estimate of drug-likeness (QED) is 0.522. The predicted molar refractivity (Wildman–Crippen MR) is 76.9 cm³/mol. The maximum atomic E-state index is 12.2. The molecular weight excluding hydrogens is 270 g/mol. The Balaban J connectivity index is 1.89. The minimum Gasteiger partial charge on any atom is -0.506 e. The summed E-state index contributed by atoms with van der Waals surface area (Å²) >= 11 is 0. The van der Waals surface area contributed by atoms with Crippen LogP contribution in [0.5, 0.6) is 5.75 Å². The Morgan fingerprint density at radius 1 is 1.29 bits per heavy atom. The SMILES string of the molecule is CCOc1ccc(/C(O)=C2/C(=O)CN(C3CC3)C2=O)cc1. The zero-order valence-corrected chi connectivity index (χ0v) is 11.8. The van der Waals surface area contributed by atoms with Crippen LogP contribution in [-0.2, 0) is 9.59 Å². The van der Waals surface area contributed by atoms with Crippen molar-refractivity contribution in [2.45, 2.75) is 25.8 Å². The number of aliphatic hydroxyl groups is 1. The maximum Gasteiger partial charge on any atom is 0.262 e. The molecule has 110 valence electrons. The molecule has 0 atom stereocenters. The highest BCUT2D eigenvalue weighted by atomic mass is 16.5. The Labute approximate surface area is 122 Å². The van der Waals surface area contributed by atoms with Crippen LogP contribution in [0.1, 0.15) is 25.3 Å². The first-order valence-corrected chi connectivity index (χ1v) is 7.12. The number of ketones is 1. The number of Topliss-reactive ketones (excluding diaryl/α,β-unsaturated/α-hetero) is 1. The Hall–Kier alpha value is -2.30. The first-order valence-electron chi connectivity index (χ1n) is 7.12. The lowest BCUT2D eigenvalue weighted by Gasteiger charge is -2.12. The Kier molecular flexibility index (Phi) is 3.41. The second-order valence-corrected chi connectivity index (χ2v) is 5.27. The third-order valence-electron chi connectivity index (χ3n) is 3.73. The molecule has 0 bridgehead atoms. The highest BCUT2D eigenvalue weighted by Gasteiger charge is 2.43. The number of amides is 1. The smallest absolute Gasteiger partial charge is 0.262 e. The lowest BCUT2D eigenvalue weighted by Crippen LogP contribution is -2.27. The van der Waals surface area contributed by atoms with Gasteiger partial charge in [0.2, 0.25) is 0 Å². The zero-order valence-electron chi connectivity index (χ0n) is 11.8. The van der Waals surface area contributed by atoms with Crippen LogP contribution in [0, 0.1) is 0 Å². The molecule has 0 spiro atoms. The molecule has 21 heavy (non-hydrogen) atoms. The van der Waals surface area contributed by atoms with Crippen molar-refractivity contribution in [3.8, 4) is 5.75 Å². The molecule has 1 aliphatic carbocycles. The highest BCUT2D eigenvalue weighted by molar-refractivity contribution is 6.28. The number of carbonyl (C=O) groups is 2. The van der Waals surface area contributed by atoms with Gasteiger partial charge in [0, 0.05) is 11.6 Å². The normalized spacial score (nSPS) is 20.9. The van der Waals surface area contributed by atoms with Crippen molar-refractivity contribution in [3.63, 3.8) is 0 Å². The summed E-state index contributed by atoms with van der Waals surface area (Å²) < 4.78 is 5.33. The van der Waals surface area contributed by atoms with Crippen LogP contribution in [0.2, 0.25) is 0 Å². The van der Waals surface area contributed by atoms with Crippen LogP contribution in [0.3, 0.4) is 0 Å². The van der Waals surface area contributed by atoms with Crippen LogP contribution in [0.4, 0.5) is 0 Å². The fourth-order valence-electron chi connectivity index (χ4n) is 2.50. The molecule has 3 rings (SSSR count). The molecule has 0 aromatic heterocycles. The molecular formula is C16H17NO4. The van der Waals surface area contributed by atoms with Crippen molar-refractivity contribution in [1.82, 2.24) is 4.90 Å². The van der Waals surface area contributed by atoms with Gasteiger partial charge in [-0.25, -0.2) is 0 Å². The fraction of sp³-hybridized carbons (Fsp3) is 0.375. The lowest BCUT2D eigenvalue weighted by molar-refractivity contribution is -0.125. The summed E-state index contributed by atoms with van der Waals surface area (Å²) in [5.41, 5.74) is 0.360. The molecule has 1 aromatic rings. The van der Waals surface area contributed by atoms with E-state index in [-0.39, 0.29) is 35.6 Å². The number of ether oxygens (including phenoxy) is 1. The molecule has 0 radical (unpaired) electrons. The van der Waals surface area contributed by atoms with Gasteiger partial charge in [0.15, 0.2) is 5.78 Å². The van der Waals surface area contributed by atoms with Crippen molar-refractivity contribution in [2.24, 2.45) is 0 Å². The summed E-state index contributed by atoms with van der Waals surface area (Å²) in [5, 5.41) is 10.3. The minimum absolute atomic E-state index is 0.0833. The number of likely N-dealkylation sites (tertiary alicyclic amines) is 1. The number of carbonyl (C=O) groups excluding carboxylic acids is 2. The molecule has 2 aliphatic rings. The van der Waals surface area contributed by atoms with Crippen molar-refractivity contribution in [2.75, 3.05) is 13.2 Å². The number of benzene rings is 1. The van der Waals surface area contributed by atoms with E-state index in [2.05, 4.69) is 0 Å². The lowest BCUT2D eigenvalue weighted by atomic mass is 10.1. The average molecular weight is 287 g/mol. The molecule has 1 saturated heterocycles. The van der Waals surface area contributed by atoms with Crippen molar-refractivity contribution < 1.29 is 19.4 Å². The van der Waals surface area contributed by atoms with E-state index in [1.165, 1.54) is 0 Å². The van der Waals surface area contributed by atoms with Crippen molar-refractivity contribution in [1.29, 1.82) is 0 Å². The Morgan fingerprint density at radius 2 is 1.95 bits per heavy atom. The highest BCUT2D eigenvalue weighted by Crippen LogP contribution is 2.33. The van der Waals surface area contributed by atoms with Gasteiger partial charge in [-0.1, -0.05) is 0 Å². The summed E-state index contributed by atoms with van der Waals surface area (Å²) in [7, 11) is 0. The van der Waals surface area contributed by atoms with E-state index >= 15 is 0 Å². The summed E-state index contributed by atoms with van der Waals surface area (Å²) in [6.45, 7) is 2.52.